The van der Waals surface area contributed by atoms with Gasteiger partial charge in [-0.1, -0.05) is 29.3 Å². The molecule has 0 atom stereocenters. The van der Waals surface area contributed by atoms with E-state index in [-0.39, 0.29) is 17.5 Å². The van der Waals surface area contributed by atoms with Crippen LogP contribution in [0, 0.1) is 11.3 Å². The van der Waals surface area contributed by atoms with Crippen LogP contribution in [0.5, 0.6) is 0 Å². The van der Waals surface area contributed by atoms with Crippen LogP contribution in [0.1, 0.15) is 5.56 Å². The highest BCUT2D eigenvalue weighted by atomic mass is 35.5. The molecule has 0 N–H and O–H groups in total. The number of rotatable bonds is 1. The summed E-state index contributed by atoms with van der Waals surface area (Å²) in [6.07, 6.45) is 0. The fourth-order valence-corrected chi connectivity index (χ4v) is 1.83. The van der Waals surface area contributed by atoms with Crippen molar-refractivity contribution in [3.05, 3.63) is 39.9 Å². The molecule has 2 rings (SSSR count). The van der Waals surface area contributed by atoms with Crippen molar-refractivity contribution in [3.63, 3.8) is 0 Å². The fourth-order valence-electron chi connectivity index (χ4n) is 1.47. The summed E-state index contributed by atoms with van der Waals surface area (Å²) < 4.78 is 0. The monoisotopic (exact) mass is 252 g/mol. The summed E-state index contributed by atoms with van der Waals surface area (Å²) >= 11 is 11.5. The molecule has 1 aromatic rings. The average Bonchev–Trinajstić information content (AvgIpc) is 2.57. The molecular formula is C11H6Cl2N2O. The van der Waals surface area contributed by atoms with Gasteiger partial charge in [0, 0.05) is 5.69 Å². The van der Waals surface area contributed by atoms with Crippen LogP contribution >= 0.6 is 23.2 Å². The first-order chi connectivity index (χ1) is 7.63. The minimum absolute atomic E-state index is 0.0454. The standard InChI is InChI=1S/C11H6Cl2N2O/c12-9-6-15(11(16)10(9)13)8-3-1-2-7(4-8)5-14/h1-4H,6H2. The summed E-state index contributed by atoms with van der Waals surface area (Å²) in [4.78, 5) is 13.1. The van der Waals surface area contributed by atoms with Gasteiger partial charge >= 0.3 is 0 Å². The van der Waals surface area contributed by atoms with Crippen LogP contribution in [0.25, 0.3) is 0 Å². The van der Waals surface area contributed by atoms with Crippen LogP contribution in [0.15, 0.2) is 34.3 Å². The molecule has 3 nitrogen and oxygen atoms in total. The van der Waals surface area contributed by atoms with Gasteiger partial charge in [0.1, 0.15) is 5.03 Å². The van der Waals surface area contributed by atoms with Crippen LogP contribution in [-0.4, -0.2) is 12.5 Å². The van der Waals surface area contributed by atoms with Gasteiger partial charge in [-0.05, 0) is 18.2 Å². The second kappa shape index (κ2) is 4.17. The number of carbonyl (C=O) groups excluding carboxylic acids is 1. The molecule has 1 aliphatic rings. The van der Waals surface area contributed by atoms with E-state index in [1.54, 1.807) is 24.3 Å². The molecule has 0 unspecified atom stereocenters. The minimum atomic E-state index is -0.332. The first-order valence-corrected chi connectivity index (χ1v) is 5.25. The average molecular weight is 253 g/mol. The Morgan fingerprint density at radius 1 is 1.38 bits per heavy atom. The maximum atomic E-state index is 11.7. The molecule has 0 saturated heterocycles. The van der Waals surface area contributed by atoms with Gasteiger partial charge in [0.05, 0.1) is 23.2 Å². The van der Waals surface area contributed by atoms with Gasteiger partial charge < -0.3 is 4.90 Å². The zero-order chi connectivity index (χ0) is 11.7. The Balaban J connectivity index is 2.35. The van der Waals surface area contributed by atoms with Gasteiger partial charge in [-0.3, -0.25) is 4.79 Å². The van der Waals surface area contributed by atoms with Crippen LogP contribution in [0.3, 0.4) is 0 Å². The zero-order valence-corrected chi connectivity index (χ0v) is 9.59. The summed E-state index contributed by atoms with van der Waals surface area (Å²) in [6.45, 7) is 0.258. The molecule has 1 amide bonds. The third kappa shape index (κ3) is 1.78. The highest BCUT2D eigenvalue weighted by Gasteiger charge is 2.29. The zero-order valence-electron chi connectivity index (χ0n) is 8.08. The number of carbonyl (C=O) groups is 1. The number of halogens is 2. The van der Waals surface area contributed by atoms with Crippen LogP contribution < -0.4 is 4.90 Å². The molecule has 0 spiro atoms. The van der Waals surface area contributed by atoms with E-state index < -0.39 is 0 Å². The van der Waals surface area contributed by atoms with Gasteiger partial charge in [0.2, 0.25) is 0 Å². The third-order valence-corrected chi connectivity index (χ3v) is 3.05. The van der Waals surface area contributed by atoms with E-state index in [9.17, 15) is 4.79 Å². The first-order valence-electron chi connectivity index (χ1n) is 4.49. The molecule has 0 fully saturated rings. The maximum absolute atomic E-state index is 11.7. The quantitative estimate of drug-likeness (QED) is 0.772. The molecule has 0 aliphatic carbocycles. The smallest absolute Gasteiger partial charge is 0.271 e. The van der Waals surface area contributed by atoms with E-state index in [0.29, 0.717) is 16.3 Å². The number of benzene rings is 1. The maximum Gasteiger partial charge on any atom is 0.271 e. The number of hydrogen-bond donors (Lipinski definition) is 0. The number of hydrogen-bond acceptors (Lipinski definition) is 2. The Hall–Kier alpha value is -1.50. The number of nitriles is 1. The number of amides is 1. The molecule has 0 saturated carbocycles. The second-order valence-corrected chi connectivity index (χ2v) is 4.11. The Morgan fingerprint density at radius 2 is 2.12 bits per heavy atom. The number of nitrogens with zero attached hydrogens (tertiary/aromatic N) is 2. The lowest BCUT2D eigenvalue weighted by Gasteiger charge is -2.15. The fraction of sp³-hybridized carbons (Fsp3) is 0.0909. The van der Waals surface area contributed by atoms with E-state index in [4.69, 9.17) is 28.5 Å². The van der Waals surface area contributed by atoms with Gasteiger partial charge in [0.15, 0.2) is 0 Å². The van der Waals surface area contributed by atoms with E-state index in [1.165, 1.54) is 4.90 Å². The van der Waals surface area contributed by atoms with Crippen molar-refractivity contribution in [2.24, 2.45) is 0 Å². The van der Waals surface area contributed by atoms with Crippen molar-refractivity contribution >= 4 is 34.8 Å². The largest absolute Gasteiger partial charge is 0.302 e. The van der Waals surface area contributed by atoms with Crippen LogP contribution in [0.4, 0.5) is 5.69 Å². The molecular weight excluding hydrogens is 247 g/mol. The molecule has 0 aromatic heterocycles. The van der Waals surface area contributed by atoms with Crippen molar-refractivity contribution in [3.8, 4) is 6.07 Å². The molecule has 16 heavy (non-hydrogen) atoms. The van der Waals surface area contributed by atoms with E-state index >= 15 is 0 Å². The Morgan fingerprint density at radius 3 is 2.69 bits per heavy atom. The molecule has 1 aromatic carbocycles. The highest BCUT2D eigenvalue weighted by Crippen LogP contribution is 2.29. The van der Waals surface area contributed by atoms with Crippen molar-refractivity contribution < 1.29 is 4.79 Å². The summed E-state index contributed by atoms with van der Waals surface area (Å²) in [5.74, 6) is -0.332. The Bertz CT molecular complexity index is 531. The third-order valence-electron chi connectivity index (χ3n) is 2.25. The molecule has 0 bridgehead atoms. The van der Waals surface area contributed by atoms with Crippen LogP contribution in [-0.2, 0) is 4.79 Å². The van der Waals surface area contributed by atoms with E-state index in [2.05, 4.69) is 0 Å². The van der Waals surface area contributed by atoms with Crippen molar-refractivity contribution in [1.82, 2.24) is 0 Å². The van der Waals surface area contributed by atoms with Crippen molar-refractivity contribution in [2.45, 2.75) is 0 Å². The molecule has 0 radical (unpaired) electrons. The summed E-state index contributed by atoms with van der Waals surface area (Å²) in [6, 6.07) is 8.74. The van der Waals surface area contributed by atoms with Crippen molar-refractivity contribution in [2.75, 3.05) is 11.4 Å². The van der Waals surface area contributed by atoms with Crippen LogP contribution in [0.2, 0.25) is 0 Å². The topological polar surface area (TPSA) is 44.1 Å². The highest BCUT2D eigenvalue weighted by molar-refractivity contribution is 6.51. The predicted molar refractivity (Wildman–Crippen MR) is 62.2 cm³/mol. The lowest BCUT2D eigenvalue weighted by molar-refractivity contribution is -0.114. The Labute approximate surface area is 102 Å². The summed E-state index contributed by atoms with van der Waals surface area (Å²) in [5, 5.41) is 9.13. The molecule has 5 heteroatoms. The first kappa shape index (κ1) is 11.0. The molecule has 80 valence electrons. The van der Waals surface area contributed by atoms with Gasteiger partial charge in [-0.2, -0.15) is 5.26 Å². The second-order valence-electron chi connectivity index (χ2n) is 3.27. The SMILES string of the molecule is N#Cc1cccc(N2CC(Cl)=C(Cl)C2=O)c1. The molecule has 1 heterocycles. The summed E-state index contributed by atoms with van der Waals surface area (Å²) in [5.41, 5.74) is 1.11. The van der Waals surface area contributed by atoms with Crippen molar-refractivity contribution in [1.29, 1.82) is 5.26 Å². The minimum Gasteiger partial charge on any atom is -0.302 e. The lowest BCUT2D eigenvalue weighted by Crippen LogP contribution is -2.25. The lowest BCUT2D eigenvalue weighted by atomic mass is 10.2. The molecule has 1 aliphatic heterocycles. The van der Waals surface area contributed by atoms with Gasteiger partial charge in [0.25, 0.3) is 5.91 Å². The predicted octanol–water partition coefficient (Wildman–Crippen LogP) is 2.59. The Kier molecular flexibility index (Phi) is 2.86. The van der Waals surface area contributed by atoms with E-state index in [0.717, 1.165) is 0 Å². The van der Waals surface area contributed by atoms with E-state index in [1.807, 2.05) is 6.07 Å². The van der Waals surface area contributed by atoms with Gasteiger partial charge in [-0.25, -0.2) is 0 Å². The van der Waals surface area contributed by atoms with Gasteiger partial charge in [-0.15, -0.1) is 0 Å². The number of anilines is 1. The summed E-state index contributed by atoms with van der Waals surface area (Å²) in [7, 11) is 0. The normalized spacial score (nSPS) is 15.6.